The van der Waals surface area contributed by atoms with Crippen molar-refractivity contribution in [2.75, 3.05) is 12.3 Å². The van der Waals surface area contributed by atoms with Gasteiger partial charge >= 0.3 is 0 Å². The number of thioether (sulfide) groups is 1. The molecule has 4 atom stereocenters. The minimum Gasteiger partial charge on any atom is -0.483 e. The summed E-state index contributed by atoms with van der Waals surface area (Å²) >= 11 is 1.47. The molecule has 1 amide bonds. The fraction of sp³-hybridized carbons (Fsp3) is 0.710. The molecule has 6 aliphatic carbocycles. The van der Waals surface area contributed by atoms with Crippen LogP contribution in [0.15, 0.2) is 29.4 Å². The second kappa shape index (κ2) is 10.4. The number of nitrogens with one attached hydrogen (secondary N) is 1. The number of rotatable bonds is 10. The van der Waals surface area contributed by atoms with Crippen molar-refractivity contribution in [2.45, 2.75) is 88.9 Å². The summed E-state index contributed by atoms with van der Waals surface area (Å²) in [6.45, 7) is 3.24. The molecule has 2 aromatic rings. The average Bonchev–Trinajstić information content (AvgIpc) is 3.65. The molecule has 0 saturated heterocycles. The number of benzene rings is 1. The highest BCUT2D eigenvalue weighted by Gasteiger charge is 2.50. The average molecular weight is 553 g/mol. The number of fused-ring (bicyclic) bond motifs is 2. The zero-order chi connectivity index (χ0) is 26.6. The summed E-state index contributed by atoms with van der Waals surface area (Å²) in [5, 5.41) is 13.1. The molecule has 0 radical (unpaired) electrons. The molecule has 8 heteroatoms. The van der Waals surface area contributed by atoms with Crippen LogP contribution in [-0.4, -0.2) is 33.0 Å². The molecular formula is C31H41FN4O2S. The molecule has 0 spiro atoms. The summed E-state index contributed by atoms with van der Waals surface area (Å²) < 4.78 is 22.2. The molecule has 210 valence electrons. The standard InChI is InChI=1S/C31H41FN4O2S/c1-19(25-12-20-6-7-24(25)11-20)36-28(16-38-27-5-3-2-4-26(27)32)34-35-30(36)39-17-29(37)33-18-31-13-21-8-22(14-31)10-23(9-21)15-31/h2-5,19-25H,6-18H2,1H3,(H,33,37). The number of carbonyl (C=O) groups is 1. The van der Waals surface area contributed by atoms with Crippen molar-refractivity contribution in [3.63, 3.8) is 0 Å². The lowest BCUT2D eigenvalue weighted by Crippen LogP contribution is -2.51. The minimum atomic E-state index is -0.380. The third kappa shape index (κ3) is 5.11. The van der Waals surface area contributed by atoms with E-state index < -0.39 is 0 Å². The Morgan fingerprint density at radius 3 is 2.49 bits per heavy atom. The number of hydrogen-bond donors (Lipinski definition) is 1. The largest absolute Gasteiger partial charge is 0.483 e. The maximum Gasteiger partial charge on any atom is 0.230 e. The lowest BCUT2D eigenvalue weighted by Gasteiger charge is -2.56. The van der Waals surface area contributed by atoms with Gasteiger partial charge in [-0.25, -0.2) is 4.39 Å². The maximum atomic E-state index is 14.2. The summed E-state index contributed by atoms with van der Waals surface area (Å²) in [6, 6.07) is 6.68. The highest BCUT2D eigenvalue weighted by atomic mass is 32.2. The van der Waals surface area contributed by atoms with Gasteiger partial charge in [-0.05, 0) is 118 Å². The molecule has 6 bridgehead atoms. The Kier molecular flexibility index (Phi) is 6.88. The Morgan fingerprint density at radius 1 is 1.08 bits per heavy atom. The van der Waals surface area contributed by atoms with Gasteiger partial charge in [0.25, 0.3) is 0 Å². The van der Waals surface area contributed by atoms with Gasteiger partial charge in [-0.15, -0.1) is 10.2 Å². The highest BCUT2D eigenvalue weighted by Crippen LogP contribution is 2.59. The maximum absolute atomic E-state index is 14.2. The number of amides is 1. The molecule has 1 aromatic heterocycles. The van der Waals surface area contributed by atoms with Crippen LogP contribution in [0.4, 0.5) is 4.39 Å². The zero-order valence-corrected chi connectivity index (χ0v) is 23.8. The van der Waals surface area contributed by atoms with E-state index in [2.05, 4.69) is 27.0 Å². The summed E-state index contributed by atoms with van der Waals surface area (Å²) in [7, 11) is 0. The normalized spacial score (nSPS) is 34.9. The van der Waals surface area contributed by atoms with Crippen LogP contribution < -0.4 is 10.1 Å². The highest BCUT2D eigenvalue weighted by molar-refractivity contribution is 7.99. The number of aromatic nitrogens is 3. The third-order valence-corrected chi connectivity index (χ3v) is 11.8. The van der Waals surface area contributed by atoms with Crippen molar-refractivity contribution in [3.8, 4) is 5.75 Å². The number of ether oxygens (including phenoxy) is 1. The van der Waals surface area contributed by atoms with Crippen LogP contribution in [0.1, 0.15) is 83.0 Å². The summed E-state index contributed by atoms with van der Waals surface area (Å²) in [5.74, 6) is 5.78. The molecule has 6 fully saturated rings. The van der Waals surface area contributed by atoms with Crippen LogP contribution in [0.5, 0.6) is 5.75 Å². The predicted molar refractivity (Wildman–Crippen MR) is 149 cm³/mol. The number of carbonyl (C=O) groups excluding carboxylic acids is 1. The van der Waals surface area contributed by atoms with Gasteiger partial charge in [0.15, 0.2) is 22.5 Å². The van der Waals surface area contributed by atoms with E-state index in [9.17, 15) is 9.18 Å². The molecule has 4 unspecified atom stereocenters. The van der Waals surface area contributed by atoms with Crippen molar-refractivity contribution >= 4 is 17.7 Å². The number of halogens is 1. The van der Waals surface area contributed by atoms with Gasteiger partial charge in [0.05, 0.1) is 5.75 Å². The van der Waals surface area contributed by atoms with Crippen molar-refractivity contribution in [1.82, 2.24) is 20.1 Å². The van der Waals surface area contributed by atoms with Crippen molar-refractivity contribution in [1.29, 1.82) is 0 Å². The molecule has 39 heavy (non-hydrogen) atoms. The van der Waals surface area contributed by atoms with Gasteiger partial charge in [0, 0.05) is 12.6 Å². The van der Waals surface area contributed by atoms with E-state index in [1.165, 1.54) is 82.0 Å². The predicted octanol–water partition coefficient (Wildman–Crippen LogP) is 6.42. The molecule has 1 heterocycles. The van der Waals surface area contributed by atoms with Gasteiger partial charge < -0.3 is 10.1 Å². The molecule has 6 aliphatic rings. The molecule has 0 aliphatic heterocycles. The smallest absolute Gasteiger partial charge is 0.230 e. The van der Waals surface area contributed by atoms with Crippen molar-refractivity contribution in [3.05, 3.63) is 35.9 Å². The van der Waals surface area contributed by atoms with Gasteiger partial charge in [-0.1, -0.05) is 30.3 Å². The summed E-state index contributed by atoms with van der Waals surface area (Å²) in [6.07, 6.45) is 13.4. The number of hydrogen-bond acceptors (Lipinski definition) is 5. The van der Waals surface area contributed by atoms with Gasteiger partial charge in [0.2, 0.25) is 5.91 Å². The first-order valence-corrected chi connectivity index (χ1v) is 16.1. The van der Waals surface area contributed by atoms with Gasteiger partial charge in [0.1, 0.15) is 6.61 Å². The quantitative estimate of drug-likeness (QED) is 0.345. The zero-order valence-electron chi connectivity index (χ0n) is 23.0. The van der Waals surface area contributed by atoms with Crippen LogP contribution >= 0.6 is 11.8 Å². The molecule has 1 N–H and O–H groups in total. The van der Waals surface area contributed by atoms with E-state index in [0.717, 1.165) is 41.3 Å². The molecular weight excluding hydrogens is 511 g/mol. The topological polar surface area (TPSA) is 69.0 Å². The number of para-hydroxylation sites is 1. The van der Waals surface area contributed by atoms with E-state index in [-0.39, 0.29) is 30.1 Å². The van der Waals surface area contributed by atoms with Crippen LogP contribution in [-0.2, 0) is 11.4 Å². The van der Waals surface area contributed by atoms with E-state index in [1.54, 1.807) is 18.2 Å². The monoisotopic (exact) mass is 552 g/mol. The van der Waals surface area contributed by atoms with Crippen LogP contribution in [0.3, 0.4) is 0 Å². The Hall–Kier alpha value is -2.09. The van der Waals surface area contributed by atoms with Crippen LogP contribution in [0.2, 0.25) is 0 Å². The van der Waals surface area contributed by atoms with Gasteiger partial charge in [-0.3, -0.25) is 9.36 Å². The first-order chi connectivity index (χ1) is 18.9. The lowest BCUT2D eigenvalue weighted by atomic mass is 9.49. The SMILES string of the molecule is CC(C1CC2CCC1C2)n1c(COc2ccccc2F)nnc1SCC(=O)NCC12CC3CC(CC(C3)C1)C2. The molecule has 8 rings (SSSR count). The second-order valence-electron chi connectivity index (χ2n) is 13.6. The van der Waals surface area contributed by atoms with E-state index >= 15 is 0 Å². The first-order valence-electron chi connectivity index (χ1n) is 15.2. The molecule has 6 saturated carbocycles. The number of nitrogens with zero attached hydrogens (tertiary/aromatic N) is 3. The van der Waals surface area contributed by atoms with E-state index in [0.29, 0.717) is 22.9 Å². The Bertz CT molecular complexity index is 1180. The van der Waals surface area contributed by atoms with Crippen molar-refractivity contribution < 1.29 is 13.9 Å². The fourth-order valence-electron chi connectivity index (χ4n) is 9.67. The van der Waals surface area contributed by atoms with Crippen molar-refractivity contribution in [2.24, 2.45) is 40.9 Å². The lowest BCUT2D eigenvalue weighted by molar-refractivity contribution is -0.120. The van der Waals surface area contributed by atoms with Crippen LogP contribution in [0.25, 0.3) is 0 Å². The third-order valence-electron chi connectivity index (χ3n) is 10.9. The van der Waals surface area contributed by atoms with E-state index in [1.807, 2.05) is 0 Å². The Morgan fingerprint density at radius 2 is 1.82 bits per heavy atom. The second-order valence-corrected chi connectivity index (χ2v) is 14.5. The molecule has 6 nitrogen and oxygen atoms in total. The summed E-state index contributed by atoms with van der Waals surface area (Å²) in [4.78, 5) is 13.1. The fourth-order valence-corrected chi connectivity index (χ4v) is 10.5. The minimum absolute atomic E-state index is 0.0852. The molecule has 1 aromatic carbocycles. The van der Waals surface area contributed by atoms with Crippen LogP contribution in [0, 0.1) is 46.7 Å². The van der Waals surface area contributed by atoms with Gasteiger partial charge in [-0.2, -0.15) is 0 Å². The van der Waals surface area contributed by atoms with E-state index in [4.69, 9.17) is 4.74 Å². The first kappa shape index (κ1) is 25.8. The Balaban J connectivity index is 1.02. The summed E-state index contributed by atoms with van der Waals surface area (Å²) in [5.41, 5.74) is 0.336. The Labute approximate surface area is 235 Å².